The van der Waals surface area contributed by atoms with Crippen molar-refractivity contribution >= 4 is 41.2 Å². The molecule has 0 spiro atoms. The van der Waals surface area contributed by atoms with Crippen molar-refractivity contribution < 1.29 is 9.53 Å². The normalized spacial score (nSPS) is 12.0. The van der Waals surface area contributed by atoms with Crippen LogP contribution < -0.4 is 5.46 Å². The molecule has 0 aliphatic rings. The summed E-state index contributed by atoms with van der Waals surface area (Å²) in [7, 11) is 2.05. The Kier molecular flexibility index (Phi) is 3.05. The fourth-order valence-corrected chi connectivity index (χ4v) is 2.59. The fourth-order valence-electron chi connectivity index (χ4n) is 2.59. The van der Waals surface area contributed by atoms with Gasteiger partial charge in [0.2, 0.25) is 0 Å². The first kappa shape index (κ1) is 13.7. The lowest BCUT2D eigenvalue weighted by molar-refractivity contribution is 0.0551. The predicted octanol–water partition coefficient (Wildman–Crippen LogP) is 2.84. The number of fused-ring (bicyclic) bond motifs is 3. The molecule has 3 nitrogen and oxygen atoms in total. The highest BCUT2D eigenvalue weighted by Gasteiger charge is 2.21. The maximum Gasteiger partial charge on any atom is 0.419 e. The first-order chi connectivity index (χ1) is 9.87. The molecule has 0 aliphatic heterocycles. The molecule has 21 heavy (non-hydrogen) atoms. The number of para-hydroxylation sites is 1. The molecule has 3 rings (SSSR count). The van der Waals surface area contributed by atoms with E-state index in [9.17, 15) is 4.79 Å². The first-order valence-electron chi connectivity index (χ1n) is 7.10. The molecule has 0 atom stereocenters. The van der Waals surface area contributed by atoms with E-state index in [2.05, 4.69) is 13.9 Å². The Labute approximate surface area is 124 Å². The molecule has 3 aromatic rings. The van der Waals surface area contributed by atoms with Gasteiger partial charge in [-0.15, -0.1) is 0 Å². The van der Waals surface area contributed by atoms with Gasteiger partial charge in [-0.2, -0.15) is 0 Å². The van der Waals surface area contributed by atoms with Crippen LogP contribution in [0, 0.1) is 0 Å². The second-order valence-electron chi connectivity index (χ2n) is 6.35. The summed E-state index contributed by atoms with van der Waals surface area (Å²) in [4.78, 5) is 12.6. The number of carbonyl (C=O) groups excluding carboxylic acids is 1. The summed E-state index contributed by atoms with van der Waals surface area (Å²) >= 11 is 0. The van der Waals surface area contributed by atoms with Crippen molar-refractivity contribution in [3.63, 3.8) is 0 Å². The van der Waals surface area contributed by atoms with Crippen molar-refractivity contribution in [3.8, 4) is 0 Å². The van der Waals surface area contributed by atoms with Crippen LogP contribution in [0.4, 0.5) is 4.79 Å². The van der Waals surface area contributed by atoms with Crippen molar-refractivity contribution in [3.05, 3.63) is 42.5 Å². The van der Waals surface area contributed by atoms with E-state index in [0.717, 1.165) is 21.8 Å². The third kappa shape index (κ3) is 2.42. The Hall–Kier alpha value is -2.23. The summed E-state index contributed by atoms with van der Waals surface area (Å²) in [5.41, 5.74) is 2.43. The summed E-state index contributed by atoms with van der Waals surface area (Å²) < 4.78 is 7.21. The van der Waals surface area contributed by atoms with E-state index in [1.807, 2.05) is 57.2 Å². The molecule has 0 N–H and O–H groups in total. The Bertz CT molecular complexity index is 843. The van der Waals surface area contributed by atoms with Crippen molar-refractivity contribution in [1.29, 1.82) is 0 Å². The van der Waals surface area contributed by atoms with Crippen LogP contribution in [0.25, 0.3) is 21.8 Å². The van der Waals surface area contributed by atoms with Crippen molar-refractivity contribution in [2.45, 2.75) is 26.4 Å². The second kappa shape index (κ2) is 4.66. The molecule has 0 saturated heterocycles. The molecule has 0 bridgehead atoms. The van der Waals surface area contributed by atoms with Crippen molar-refractivity contribution in [2.24, 2.45) is 0 Å². The minimum Gasteiger partial charge on any atom is -0.443 e. The van der Waals surface area contributed by atoms with Crippen LogP contribution in [-0.2, 0) is 4.74 Å². The van der Waals surface area contributed by atoms with Crippen LogP contribution in [0.15, 0.2) is 42.5 Å². The molecule has 4 heteroatoms. The van der Waals surface area contributed by atoms with Gasteiger partial charge in [0.05, 0.1) is 11.0 Å². The number of aromatic nitrogens is 1. The van der Waals surface area contributed by atoms with E-state index in [4.69, 9.17) is 4.74 Å². The molecular weight excluding hydrogens is 261 g/mol. The molecule has 0 unspecified atom stereocenters. The quantitative estimate of drug-likeness (QED) is 0.592. The van der Waals surface area contributed by atoms with Gasteiger partial charge in [-0.05, 0) is 32.9 Å². The lowest BCUT2D eigenvalue weighted by Crippen LogP contribution is -2.27. The molecule has 2 aromatic carbocycles. The van der Waals surface area contributed by atoms with E-state index < -0.39 is 5.60 Å². The SMILES string of the molecule is Bc1ccc2c(c1)c1ccccc1n2C(=O)OC(C)(C)C. The smallest absolute Gasteiger partial charge is 0.419 e. The van der Waals surface area contributed by atoms with Crippen LogP contribution in [0.1, 0.15) is 20.8 Å². The van der Waals surface area contributed by atoms with Gasteiger partial charge in [-0.3, -0.25) is 0 Å². The zero-order valence-electron chi connectivity index (χ0n) is 12.8. The van der Waals surface area contributed by atoms with E-state index in [0.29, 0.717) is 0 Å². The molecule has 106 valence electrons. The third-order valence-electron chi connectivity index (χ3n) is 3.40. The van der Waals surface area contributed by atoms with Gasteiger partial charge in [0.25, 0.3) is 0 Å². The lowest BCUT2D eigenvalue weighted by Gasteiger charge is -2.20. The molecule has 1 heterocycles. The van der Waals surface area contributed by atoms with E-state index >= 15 is 0 Å². The minimum atomic E-state index is -0.514. The highest BCUT2D eigenvalue weighted by atomic mass is 16.6. The number of carbonyl (C=O) groups is 1. The van der Waals surface area contributed by atoms with Crippen LogP contribution in [0.5, 0.6) is 0 Å². The maximum absolute atomic E-state index is 12.6. The Morgan fingerprint density at radius 3 is 2.43 bits per heavy atom. The third-order valence-corrected chi connectivity index (χ3v) is 3.40. The van der Waals surface area contributed by atoms with Gasteiger partial charge in [-0.1, -0.05) is 35.8 Å². The van der Waals surface area contributed by atoms with E-state index in [1.54, 1.807) is 4.57 Å². The average molecular weight is 279 g/mol. The summed E-state index contributed by atoms with van der Waals surface area (Å²) in [6, 6.07) is 14.0. The van der Waals surface area contributed by atoms with Crippen molar-refractivity contribution in [1.82, 2.24) is 4.57 Å². The maximum atomic E-state index is 12.6. The zero-order chi connectivity index (χ0) is 15.2. The molecular formula is C17H18BNO2. The van der Waals surface area contributed by atoms with Crippen molar-refractivity contribution in [2.75, 3.05) is 0 Å². The van der Waals surface area contributed by atoms with Gasteiger partial charge in [-0.25, -0.2) is 9.36 Å². The van der Waals surface area contributed by atoms with Crippen LogP contribution in [0.3, 0.4) is 0 Å². The molecule has 1 aromatic heterocycles. The number of hydrogen-bond donors (Lipinski definition) is 0. The Morgan fingerprint density at radius 2 is 1.71 bits per heavy atom. The van der Waals surface area contributed by atoms with E-state index in [-0.39, 0.29) is 6.09 Å². The first-order valence-corrected chi connectivity index (χ1v) is 7.10. The summed E-state index contributed by atoms with van der Waals surface area (Å²) in [5.74, 6) is 0. The Morgan fingerprint density at radius 1 is 1.05 bits per heavy atom. The summed E-state index contributed by atoms with van der Waals surface area (Å²) in [6.45, 7) is 5.63. The predicted molar refractivity (Wildman–Crippen MR) is 89.3 cm³/mol. The minimum absolute atomic E-state index is 0.336. The van der Waals surface area contributed by atoms with Crippen LogP contribution in [0.2, 0.25) is 0 Å². The monoisotopic (exact) mass is 279 g/mol. The lowest BCUT2D eigenvalue weighted by atomic mass is 9.94. The molecule has 0 fully saturated rings. The number of ether oxygens (including phenoxy) is 1. The van der Waals surface area contributed by atoms with Gasteiger partial charge in [0.1, 0.15) is 13.4 Å². The standard InChI is InChI=1S/C17H18BNO2/c1-17(2,3)21-16(20)19-14-7-5-4-6-12(14)13-10-11(18)8-9-15(13)19/h4-10H,18H2,1-3H3. The van der Waals surface area contributed by atoms with Gasteiger partial charge >= 0.3 is 6.09 Å². The van der Waals surface area contributed by atoms with Crippen LogP contribution >= 0.6 is 0 Å². The topological polar surface area (TPSA) is 31.2 Å². The Balaban J connectivity index is 2.31. The fraction of sp³-hybridized carbons (Fsp3) is 0.235. The molecule has 0 saturated carbocycles. The summed E-state index contributed by atoms with van der Waals surface area (Å²) in [5, 5.41) is 2.15. The van der Waals surface area contributed by atoms with Gasteiger partial charge in [0.15, 0.2) is 0 Å². The number of rotatable bonds is 0. The highest BCUT2D eigenvalue weighted by Crippen LogP contribution is 2.28. The largest absolute Gasteiger partial charge is 0.443 e. The number of benzene rings is 2. The van der Waals surface area contributed by atoms with Gasteiger partial charge in [0, 0.05) is 10.8 Å². The van der Waals surface area contributed by atoms with Crippen LogP contribution in [-0.4, -0.2) is 24.1 Å². The van der Waals surface area contributed by atoms with Gasteiger partial charge < -0.3 is 4.74 Å². The average Bonchev–Trinajstić information content (AvgIpc) is 2.71. The number of nitrogens with zero attached hydrogens (tertiary/aromatic N) is 1. The number of hydrogen-bond acceptors (Lipinski definition) is 2. The van der Waals surface area contributed by atoms with E-state index in [1.165, 1.54) is 5.46 Å². The zero-order valence-corrected chi connectivity index (χ0v) is 12.8. The molecule has 0 amide bonds. The summed E-state index contributed by atoms with van der Waals surface area (Å²) in [6.07, 6.45) is -0.336. The highest BCUT2D eigenvalue weighted by molar-refractivity contribution is 6.34. The second-order valence-corrected chi connectivity index (χ2v) is 6.35. The molecule has 0 radical (unpaired) electrons. The molecule has 0 aliphatic carbocycles.